The minimum Gasteiger partial charge on any atom is -0.491 e. The average molecular weight is 409 g/mol. The van der Waals surface area contributed by atoms with Crippen molar-refractivity contribution < 1.29 is 9.66 Å². The van der Waals surface area contributed by atoms with Crippen molar-refractivity contribution in [3.63, 3.8) is 0 Å². The summed E-state index contributed by atoms with van der Waals surface area (Å²) < 4.78 is 7.53. The van der Waals surface area contributed by atoms with Crippen molar-refractivity contribution in [3.05, 3.63) is 75.1 Å². The molecule has 1 N–H and O–H groups in total. The third-order valence-corrected chi connectivity index (χ3v) is 4.06. The minimum atomic E-state index is -0.423. The van der Waals surface area contributed by atoms with E-state index < -0.39 is 4.92 Å². The number of hydrogen-bond acceptors (Lipinski definition) is 6. The number of nitro groups is 1. The molecule has 1 heterocycles. The van der Waals surface area contributed by atoms with Crippen LogP contribution in [0.2, 0.25) is 0 Å². The number of aromatic amines is 1. The maximum Gasteiger partial charge on any atom is 0.276 e. The van der Waals surface area contributed by atoms with Crippen LogP contribution in [0.4, 0.5) is 5.69 Å². The molecule has 3 rings (SSSR count). The molecular formula is C20H19N5O3S. The molecule has 0 aliphatic rings. The molecule has 0 amide bonds. The molecule has 0 bridgehead atoms. The Morgan fingerprint density at radius 2 is 2.07 bits per heavy atom. The van der Waals surface area contributed by atoms with Crippen LogP contribution in [0.1, 0.15) is 19.4 Å². The number of nitrogens with zero attached hydrogens (tertiary/aromatic N) is 4. The molecule has 29 heavy (non-hydrogen) atoms. The van der Waals surface area contributed by atoms with Crippen LogP contribution in [0.25, 0.3) is 17.5 Å². The van der Waals surface area contributed by atoms with Crippen LogP contribution in [0, 0.1) is 14.9 Å². The summed E-state index contributed by atoms with van der Waals surface area (Å²) in [6.07, 6.45) is 4.78. The van der Waals surface area contributed by atoms with Gasteiger partial charge in [-0.15, -0.1) is 0 Å². The van der Waals surface area contributed by atoms with Gasteiger partial charge in [-0.3, -0.25) is 10.1 Å². The summed E-state index contributed by atoms with van der Waals surface area (Å²) in [5.74, 6) is 1.25. The van der Waals surface area contributed by atoms with E-state index in [0.29, 0.717) is 16.2 Å². The van der Waals surface area contributed by atoms with Gasteiger partial charge in [-0.05, 0) is 56.4 Å². The van der Waals surface area contributed by atoms with Gasteiger partial charge in [0, 0.05) is 17.8 Å². The number of hydrogen-bond donors (Lipinski definition) is 1. The molecule has 0 spiro atoms. The molecule has 148 valence electrons. The molecule has 2 aromatic carbocycles. The van der Waals surface area contributed by atoms with Gasteiger partial charge in [0.15, 0.2) is 5.82 Å². The lowest BCUT2D eigenvalue weighted by Crippen LogP contribution is -2.05. The Morgan fingerprint density at radius 1 is 1.28 bits per heavy atom. The van der Waals surface area contributed by atoms with Crippen LogP contribution < -0.4 is 4.74 Å². The molecule has 0 aliphatic carbocycles. The van der Waals surface area contributed by atoms with Crippen molar-refractivity contribution in [2.45, 2.75) is 20.0 Å². The summed E-state index contributed by atoms with van der Waals surface area (Å²) in [5, 5.41) is 22.4. The van der Waals surface area contributed by atoms with Crippen LogP contribution in [0.5, 0.6) is 5.75 Å². The number of H-pyrrole nitrogens is 1. The van der Waals surface area contributed by atoms with Gasteiger partial charge in [0.05, 0.1) is 16.6 Å². The second-order valence-corrected chi connectivity index (χ2v) is 6.68. The second-order valence-electron chi connectivity index (χ2n) is 6.30. The zero-order valence-electron chi connectivity index (χ0n) is 15.9. The Kier molecular flexibility index (Phi) is 6.30. The lowest BCUT2D eigenvalue weighted by Gasteiger charge is -2.10. The molecule has 8 nitrogen and oxygen atoms in total. The highest BCUT2D eigenvalue weighted by Gasteiger charge is 2.10. The normalized spacial score (nSPS) is 11.6. The maximum atomic E-state index is 11.1. The van der Waals surface area contributed by atoms with Crippen molar-refractivity contribution in [2.24, 2.45) is 5.10 Å². The Labute approximate surface area is 172 Å². The van der Waals surface area contributed by atoms with Crippen LogP contribution in [-0.4, -0.2) is 32.1 Å². The summed E-state index contributed by atoms with van der Waals surface area (Å²) in [6.45, 7) is 3.91. The Balaban J connectivity index is 1.86. The maximum absolute atomic E-state index is 11.1. The van der Waals surface area contributed by atoms with Gasteiger partial charge in [0.1, 0.15) is 5.75 Å². The van der Waals surface area contributed by atoms with Crippen molar-refractivity contribution in [2.75, 3.05) is 0 Å². The van der Waals surface area contributed by atoms with E-state index in [-0.39, 0.29) is 11.8 Å². The van der Waals surface area contributed by atoms with E-state index in [0.717, 1.165) is 11.3 Å². The molecule has 0 aliphatic heterocycles. The highest BCUT2D eigenvalue weighted by Crippen LogP contribution is 2.23. The lowest BCUT2D eigenvalue weighted by atomic mass is 10.1. The summed E-state index contributed by atoms with van der Waals surface area (Å²) in [7, 11) is 0. The average Bonchev–Trinajstić information content (AvgIpc) is 3.05. The number of nitrogens with one attached hydrogen (secondary N) is 1. The number of benzene rings is 2. The Morgan fingerprint density at radius 3 is 2.83 bits per heavy atom. The number of rotatable bonds is 7. The van der Waals surface area contributed by atoms with Crippen LogP contribution in [0.3, 0.4) is 0 Å². The van der Waals surface area contributed by atoms with Crippen molar-refractivity contribution in [1.29, 1.82) is 0 Å². The first kappa shape index (κ1) is 20.2. The monoisotopic (exact) mass is 409 g/mol. The zero-order chi connectivity index (χ0) is 20.8. The lowest BCUT2D eigenvalue weighted by molar-refractivity contribution is -0.385. The molecule has 0 saturated carbocycles. The quantitative estimate of drug-likeness (QED) is 0.260. The Hall–Kier alpha value is -3.59. The first-order valence-electron chi connectivity index (χ1n) is 8.84. The van der Waals surface area contributed by atoms with Crippen LogP contribution in [-0.2, 0) is 0 Å². The van der Waals surface area contributed by atoms with Gasteiger partial charge in [0.25, 0.3) is 5.69 Å². The van der Waals surface area contributed by atoms with Gasteiger partial charge in [-0.25, -0.2) is 5.10 Å². The third-order valence-electron chi connectivity index (χ3n) is 3.79. The predicted octanol–water partition coefficient (Wildman–Crippen LogP) is 4.85. The fourth-order valence-corrected chi connectivity index (χ4v) is 2.79. The first-order chi connectivity index (χ1) is 14.0. The molecule has 3 aromatic rings. The largest absolute Gasteiger partial charge is 0.491 e. The number of nitro benzene ring substituents is 1. The van der Waals surface area contributed by atoms with E-state index >= 15 is 0 Å². The van der Waals surface area contributed by atoms with Gasteiger partial charge >= 0.3 is 0 Å². The van der Waals surface area contributed by atoms with Crippen LogP contribution >= 0.6 is 12.2 Å². The van der Waals surface area contributed by atoms with E-state index in [1.165, 1.54) is 17.0 Å². The number of ether oxygens (including phenoxy) is 1. The summed E-state index contributed by atoms with van der Waals surface area (Å²) in [5.41, 5.74) is 1.30. The topological polar surface area (TPSA) is 98.3 Å². The molecular weight excluding hydrogens is 390 g/mol. The Bertz CT molecular complexity index is 1130. The third kappa shape index (κ3) is 5.02. The highest BCUT2D eigenvalue weighted by molar-refractivity contribution is 7.71. The first-order valence-corrected chi connectivity index (χ1v) is 9.25. The van der Waals surface area contributed by atoms with E-state index in [1.54, 1.807) is 30.4 Å². The fraction of sp³-hybridized carbons (Fsp3) is 0.150. The molecule has 9 heteroatoms. The van der Waals surface area contributed by atoms with Gasteiger partial charge in [0.2, 0.25) is 4.77 Å². The van der Waals surface area contributed by atoms with Gasteiger partial charge in [-0.2, -0.15) is 14.9 Å². The molecule has 0 atom stereocenters. The molecule has 1 aromatic heterocycles. The van der Waals surface area contributed by atoms with E-state index in [2.05, 4.69) is 15.3 Å². The highest BCUT2D eigenvalue weighted by atomic mass is 32.1. The van der Waals surface area contributed by atoms with Crippen LogP contribution in [0.15, 0.2) is 59.7 Å². The summed E-state index contributed by atoms with van der Waals surface area (Å²) in [4.78, 5) is 10.7. The van der Waals surface area contributed by atoms with Crippen molar-refractivity contribution in [1.82, 2.24) is 14.9 Å². The second kappa shape index (κ2) is 9.07. The molecule has 0 radical (unpaired) electrons. The minimum absolute atomic E-state index is 0.0275. The van der Waals surface area contributed by atoms with Crippen molar-refractivity contribution >= 4 is 30.2 Å². The number of aromatic nitrogens is 3. The van der Waals surface area contributed by atoms with Gasteiger partial charge < -0.3 is 4.74 Å². The fourth-order valence-electron chi connectivity index (χ4n) is 2.61. The SMILES string of the molecule is CC(C)Oc1cccc(-c2n[nH]c(=S)n2/N=C\C=C\c2ccccc2[N+](=O)[O-])c1. The number of allylic oxidation sites excluding steroid dienone is 1. The smallest absolute Gasteiger partial charge is 0.276 e. The van der Waals surface area contributed by atoms with E-state index in [4.69, 9.17) is 17.0 Å². The van der Waals surface area contributed by atoms with E-state index in [9.17, 15) is 10.1 Å². The molecule has 0 saturated heterocycles. The zero-order valence-corrected chi connectivity index (χ0v) is 16.7. The standard InChI is InChI=1S/C20H19N5O3S/c1-14(2)28-17-10-5-8-16(13-17)19-22-23-20(29)24(19)21-12-6-9-15-7-3-4-11-18(15)25(26)27/h3-14H,1-2H3,(H,23,29)/b9-6+,21-12-. The summed E-state index contributed by atoms with van der Waals surface area (Å²) >= 11 is 5.26. The molecule has 0 unspecified atom stereocenters. The van der Waals surface area contributed by atoms with Gasteiger partial charge in [-0.1, -0.05) is 24.3 Å². The van der Waals surface area contributed by atoms with E-state index in [1.807, 2.05) is 38.1 Å². The summed E-state index contributed by atoms with van der Waals surface area (Å²) in [6, 6.07) is 14.0. The number of para-hydroxylation sites is 1. The molecule has 0 fully saturated rings. The van der Waals surface area contributed by atoms with Crippen molar-refractivity contribution in [3.8, 4) is 17.1 Å². The predicted molar refractivity (Wildman–Crippen MR) is 115 cm³/mol.